The Morgan fingerprint density at radius 1 is 1.44 bits per heavy atom. The predicted molar refractivity (Wildman–Crippen MR) is 60.5 cm³/mol. The van der Waals surface area contributed by atoms with Crippen molar-refractivity contribution in [3.8, 4) is 0 Å². The predicted octanol–water partition coefficient (Wildman–Crippen LogP) is 2.37. The monoisotopic (exact) mass is 224 g/mol. The highest BCUT2D eigenvalue weighted by Crippen LogP contribution is 2.22. The molecule has 0 aromatic carbocycles. The molecule has 0 radical (unpaired) electrons. The molecule has 2 N–H and O–H groups in total. The summed E-state index contributed by atoms with van der Waals surface area (Å²) in [4.78, 5) is 17.0. The Kier molecular flexibility index (Phi) is 3.07. The summed E-state index contributed by atoms with van der Waals surface area (Å²) in [5, 5.41) is 13.9. The first kappa shape index (κ1) is 10.9. The van der Waals surface area contributed by atoms with E-state index >= 15 is 0 Å². The van der Waals surface area contributed by atoms with Crippen molar-refractivity contribution in [3.05, 3.63) is 15.8 Å². The van der Waals surface area contributed by atoms with Crippen LogP contribution < -0.4 is 5.32 Å². The first-order chi connectivity index (χ1) is 7.66. The fourth-order valence-electron chi connectivity index (χ4n) is 2.14. The van der Waals surface area contributed by atoms with Crippen molar-refractivity contribution < 1.29 is 4.92 Å². The van der Waals surface area contributed by atoms with Gasteiger partial charge in [0.05, 0.1) is 0 Å². The van der Waals surface area contributed by atoms with Crippen molar-refractivity contribution in [3.63, 3.8) is 0 Å². The summed E-state index contributed by atoms with van der Waals surface area (Å²) in [5.74, 6) is 0.509. The number of nitrogens with one attached hydrogen (secondary N) is 2. The van der Waals surface area contributed by atoms with E-state index in [9.17, 15) is 10.1 Å². The fourth-order valence-corrected chi connectivity index (χ4v) is 2.14. The normalized spacial score (nSPS) is 17.3. The second-order valence-electron chi connectivity index (χ2n) is 4.26. The van der Waals surface area contributed by atoms with Gasteiger partial charge in [0.25, 0.3) is 5.95 Å². The molecule has 1 aromatic rings. The quantitative estimate of drug-likeness (QED) is 0.609. The lowest BCUT2D eigenvalue weighted by Gasteiger charge is -2.21. The topological polar surface area (TPSA) is 83.8 Å². The number of H-pyrrole nitrogens is 1. The highest BCUT2D eigenvalue weighted by molar-refractivity contribution is 5.39. The molecular weight excluding hydrogens is 208 g/mol. The van der Waals surface area contributed by atoms with E-state index in [1.165, 1.54) is 19.3 Å². The van der Waals surface area contributed by atoms with Gasteiger partial charge in [-0.15, -0.1) is 0 Å². The van der Waals surface area contributed by atoms with Gasteiger partial charge in [-0.3, -0.25) is 0 Å². The van der Waals surface area contributed by atoms with E-state index in [0.29, 0.717) is 17.7 Å². The Morgan fingerprint density at radius 2 is 2.12 bits per heavy atom. The van der Waals surface area contributed by atoms with Gasteiger partial charge in [-0.2, -0.15) is 4.98 Å². The Hall–Kier alpha value is -1.59. The van der Waals surface area contributed by atoms with Gasteiger partial charge in [-0.1, -0.05) is 19.3 Å². The molecule has 1 heterocycles. The maximum absolute atomic E-state index is 10.6. The van der Waals surface area contributed by atoms with Gasteiger partial charge in [0.15, 0.2) is 0 Å². The summed E-state index contributed by atoms with van der Waals surface area (Å²) >= 11 is 0. The van der Waals surface area contributed by atoms with E-state index in [2.05, 4.69) is 15.3 Å². The largest absolute Gasteiger partial charge is 0.358 e. The third kappa shape index (κ3) is 2.32. The number of aromatic nitrogens is 2. The van der Waals surface area contributed by atoms with Gasteiger partial charge in [0.1, 0.15) is 5.69 Å². The van der Waals surface area contributed by atoms with Gasteiger partial charge < -0.3 is 15.4 Å². The molecule has 6 heteroatoms. The molecule has 0 atom stereocenters. The SMILES string of the molecule is Cc1nc(NC2CCCCC2)[nH]c1[N+](=O)[O-]. The lowest BCUT2D eigenvalue weighted by molar-refractivity contribution is -0.389. The van der Waals surface area contributed by atoms with Gasteiger partial charge >= 0.3 is 5.82 Å². The van der Waals surface area contributed by atoms with Crippen molar-refractivity contribution in [2.75, 3.05) is 5.32 Å². The molecule has 16 heavy (non-hydrogen) atoms. The van der Waals surface area contributed by atoms with Crippen LogP contribution >= 0.6 is 0 Å². The molecule has 0 unspecified atom stereocenters. The number of rotatable bonds is 3. The zero-order valence-electron chi connectivity index (χ0n) is 9.32. The Balaban J connectivity index is 2.03. The van der Waals surface area contributed by atoms with Crippen LogP contribution in [0, 0.1) is 17.0 Å². The van der Waals surface area contributed by atoms with Gasteiger partial charge in [0, 0.05) is 6.04 Å². The number of aryl methyl sites for hydroxylation is 1. The minimum absolute atomic E-state index is 0.0155. The molecule has 0 aliphatic heterocycles. The van der Waals surface area contributed by atoms with Crippen LogP contribution in [0.15, 0.2) is 0 Å². The minimum Gasteiger partial charge on any atom is -0.358 e. The third-order valence-corrected chi connectivity index (χ3v) is 2.99. The highest BCUT2D eigenvalue weighted by atomic mass is 16.6. The highest BCUT2D eigenvalue weighted by Gasteiger charge is 2.19. The van der Waals surface area contributed by atoms with E-state index in [4.69, 9.17) is 0 Å². The lowest BCUT2D eigenvalue weighted by Crippen LogP contribution is -2.22. The van der Waals surface area contributed by atoms with Gasteiger partial charge in [-0.05, 0) is 24.7 Å². The van der Waals surface area contributed by atoms with E-state index < -0.39 is 4.92 Å². The van der Waals surface area contributed by atoms with Crippen molar-refractivity contribution >= 4 is 11.8 Å². The molecule has 1 fully saturated rings. The van der Waals surface area contributed by atoms with Crippen LogP contribution in [0.5, 0.6) is 0 Å². The molecule has 1 aliphatic carbocycles. The number of hydrogen-bond donors (Lipinski definition) is 2. The number of nitrogens with zero attached hydrogens (tertiary/aromatic N) is 2. The van der Waals surface area contributed by atoms with E-state index in [1.807, 2.05) is 0 Å². The van der Waals surface area contributed by atoms with Crippen LogP contribution in [-0.2, 0) is 0 Å². The van der Waals surface area contributed by atoms with Crippen LogP contribution in [0.25, 0.3) is 0 Å². The molecule has 0 spiro atoms. The Labute approximate surface area is 93.6 Å². The zero-order chi connectivity index (χ0) is 11.5. The first-order valence-electron chi connectivity index (χ1n) is 5.64. The number of imidazole rings is 1. The summed E-state index contributed by atoms with van der Waals surface area (Å²) in [6.45, 7) is 1.64. The van der Waals surface area contributed by atoms with Crippen molar-refractivity contribution in [2.24, 2.45) is 0 Å². The molecule has 0 saturated heterocycles. The Morgan fingerprint density at radius 3 is 2.69 bits per heavy atom. The molecule has 88 valence electrons. The van der Waals surface area contributed by atoms with E-state index in [1.54, 1.807) is 6.92 Å². The lowest BCUT2D eigenvalue weighted by atomic mass is 9.96. The number of anilines is 1. The molecule has 0 amide bonds. The summed E-state index contributed by atoms with van der Waals surface area (Å²) in [6.07, 6.45) is 5.97. The standard InChI is InChI=1S/C10H16N4O2/c1-7-9(14(15)16)13-10(11-7)12-8-5-3-2-4-6-8/h8H,2-6H2,1H3,(H2,11,12,13). The smallest absolute Gasteiger partial charge is 0.345 e. The summed E-state index contributed by atoms with van der Waals surface area (Å²) in [7, 11) is 0. The molecule has 1 saturated carbocycles. The van der Waals surface area contributed by atoms with Crippen molar-refractivity contribution in [1.29, 1.82) is 0 Å². The minimum atomic E-state index is -0.436. The molecule has 1 aliphatic rings. The number of nitro groups is 1. The number of aromatic amines is 1. The van der Waals surface area contributed by atoms with E-state index in [-0.39, 0.29) is 5.82 Å². The molecule has 1 aromatic heterocycles. The fraction of sp³-hybridized carbons (Fsp3) is 0.700. The Bertz CT molecular complexity index is 382. The second-order valence-corrected chi connectivity index (χ2v) is 4.26. The van der Waals surface area contributed by atoms with Gasteiger partial charge in [-0.25, -0.2) is 4.98 Å². The van der Waals surface area contributed by atoms with Crippen LogP contribution in [-0.4, -0.2) is 20.9 Å². The molecule has 0 bridgehead atoms. The third-order valence-electron chi connectivity index (χ3n) is 2.99. The maximum Gasteiger partial charge on any atom is 0.345 e. The summed E-state index contributed by atoms with van der Waals surface area (Å²) in [6, 6.07) is 0.402. The maximum atomic E-state index is 10.6. The van der Waals surface area contributed by atoms with Crippen LogP contribution in [0.3, 0.4) is 0 Å². The first-order valence-corrected chi connectivity index (χ1v) is 5.64. The second kappa shape index (κ2) is 4.51. The average molecular weight is 224 g/mol. The van der Waals surface area contributed by atoms with Crippen LogP contribution in [0.4, 0.5) is 11.8 Å². The van der Waals surface area contributed by atoms with Gasteiger partial charge in [0.2, 0.25) is 0 Å². The molecule has 2 rings (SSSR count). The van der Waals surface area contributed by atoms with Crippen LogP contribution in [0.2, 0.25) is 0 Å². The summed E-state index contributed by atoms with van der Waals surface area (Å²) < 4.78 is 0. The van der Waals surface area contributed by atoms with E-state index in [0.717, 1.165) is 12.8 Å². The van der Waals surface area contributed by atoms with Crippen LogP contribution in [0.1, 0.15) is 37.8 Å². The van der Waals surface area contributed by atoms with Crippen molar-refractivity contribution in [1.82, 2.24) is 9.97 Å². The molecule has 6 nitrogen and oxygen atoms in total. The molecular formula is C10H16N4O2. The summed E-state index contributed by atoms with van der Waals surface area (Å²) in [5.41, 5.74) is 0.434. The average Bonchev–Trinajstić information content (AvgIpc) is 2.61. The van der Waals surface area contributed by atoms with Crippen molar-refractivity contribution in [2.45, 2.75) is 45.1 Å². The number of hydrogen-bond acceptors (Lipinski definition) is 4. The zero-order valence-corrected chi connectivity index (χ0v) is 9.32.